The van der Waals surface area contributed by atoms with Crippen molar-refractivity contribution < 1.29 is 38.4 Å². The molecule has 4 atom stereocenters. The predicted molar refractivity (Wildman–Crippen MR) is 146 cm³/mol. The Balaban J connectivity index is 1.49. The van der Waals surface area contributed by atoms with Crippen molar-refractivity contribution in [1.82, 2.24) is 4.98 Å². The number of carbonyl (C=O) groups is 2. The van der Waals surface area contributed by atoms with Gasteiger partial charge in [-0.15, -0.1) is 0 Å². The Morgan fingerprint density at radius 3 is 2.30 bits per heavy atom. The second-order valence-corrected chi connectivity index (χ2v) is 9.64. The lowest BCUT2D eigenvalue weighted by molar-refractivity contribution is -0.181. The molecule has 212 valence electrons. The third-order valence-electron chi connectivity index (χ3n) is 6.73. The molecule has 0 radical (unpaired) electrons. The molecule has 2 aromatic carbocycles. The van der Waals surface area contributed by atoms with Crippen LogP contribution in [0.3, 0.4) is 0 Å². The Bertz CT molecular complexity index is 1240. The summed E-state index contributed by atoms with van der Waals surface area (Å²) in [5.74, 6) is -2.26. The maximum Gasteiger partial charge on any atom is 0.312 e. The van der Waals surface area contributed by atoms with E-state index in [0.29, 0.717) is 19.6 Å². The fraction of sp³-hybridized carbons (Fsp3) is 0.387. The van der Waals surface area contributed by atoms with Gasteiger partial charge in [-0.3, -0.25) is 9.59 Å². The van der Waals surface area contributed by atoms with E-state index in [1.165, 1.54) is 19.4 Å². The molecule has 1 aliphatic heterocycles. The van der Waals surface area contributed by atoms with Crippen LogP contribution in [0.25, 0.3) is 0 Å². The average molecular weight is 550 g/mol. The fourth-order valence-corrected chi connectivity index (χ4v) is 4.54. The number of pyridine rings is 1. The molecule has 2 heterocycles. The van der Waals surface area contributed by atoms with Crippen LogP contribution in [-0.2, 0) is 37.0 Å². The smallest absolute Gasteiger partial charge is 0.312 e. The van der Waals surface area contributed by atoms with E-state index in [-0.39, 0.29) is 36.8 Å². The molecule has 1 aliphatic rings. The van der Waals surface area contributed by atoms with Crippen LogP contribution < -0.4 is 4.74 Å². The van der Waals surface area contributed by atoms with E-state index in [1.54, 1.807) is 6.92 Å². The van der Waals surface area contributed by atoms with E-state index < -0.39 is 36.0 Å². The first-order chi connectivity index (χ1) is 19.5. The van der Waals surface area contributed by atoms with Gasteiger partial charge in [-0.1, -0.05) is 60.7 Å². The Hall–Kier alpha value is -3.79. The predicted octanol–water partition coefficient (Wildman–Crippen LogP) is 4.51. The summed E-state index contributed by atoms with van der Waals surface area (Å²) in [6, 6.07) is 21.0. The highest BCUT2D eigenvalue weighted by atomic mass is 16.6. The number of hydrogen-bond donors (Lipinski definition) is 1. The first-order valence-corrected chi connectivity index (χ1v) is 13.3. The van der Waals surface area contributed by atoms with Gasteiger partial charge >= 0.3 is 5.97 Å². The summed E-state index contributed by atoms with van der Waals surface area (Å²) in [5.41, 5.74) is 1.82. The number of aromatic nitrogens is 1. The number of nitrogens with zero attached hydrogens (tertiary/aromatic N) is 1. The highest BCUT2D eigenvalue weighted by Crippen LogP contribution is 2.30. The van der Waals surface area contributed by atoms with Gasteiger partial charge in [-0.2, -0.15) is 0 Å². The van der Waals surface area contributed by atoms with Crippen LogP contribution in [-0.4, -0.2) is 60.5 Å². The zero-order chi connectivity index (χ0) is 28.3. The summed E-state index contributed by atoms with van der Waals surface area (Å²) < 4.78 is 29.4. The molecule has 1 saturated heterocycles. The number of cyclic esters (lactones) is 1. The first kappa shape index (κ1) is 29.2. The first-order valence-electron chi connectivity index (χ1n) is 13.3. The molecular formula is C31H35NO8. The van der Waals surface area contributed by atoms with Crippen LogP contribution in [0.1, 0.15) is 41.4 Å². The SMILES string of the molecule is COc1ccnc(C(=O)C[C@H]2COCC[C@H](OCc3ccccc3)[C@@H](OCc3ccccc3)[C@H](C)OC2=O)c1O. The number of Topliss-reactive ketones (excluding diaryl/α,β-unsaturated/α-hetero) is 1. The van der Waals surface area contributed by atoms with Crippen molar-refractivity contribution in [3.63, 3.8) is 0 Å². The summed E-state index contributed by atoms with van der Waals surface area (Å²) in [4.78, 5) is 30.2. The van der Waals surface area contributed by atoms with Crippen LogP contribution in [0, 0.1) is 5.92 Å². The van der Waals surface area contributed by atoms with Gasteiger partial charge in [0.15, 0.2) is 23.0 Å². The van der Waals surface area contributed by atoms with Gasteiger partial charge in [0.1, 0.15) is 12.2 Å². The zero-order valence-electron chi connectivity index (χ0n) is 22.7. The lowest BCUT2D eigenvalue weighted by Crippen LogP contribution is -2.45. The summed E-state index contributed by atoms with van der Waals surface area (Å²) in [6.07, 6.45) is -0.0651. The Labute approximate surface area is 234 Å². The average Bonchev–Trinajstić information content (AvgIpc) is 2.97. The van der Waals surface area contributed by atoms with Crippen LogP contribution in [0.2, 0.25) is 0 Å². The monoisotopic (exact) mass is 549 g/mol. The van der Waals surface area contributed by atoms with Crippen molar-refractivity contribution in [3.05, 3.63) is 89.7 Å². The fourth-order valence-electron chi connectivity index (χ4n) is 4.54. The summed E-state index contributed by atoms with van der Waals surface area (Å²) in [5, 5.41) is 10.3. The van der Waals surface area contributed by atoms with Crippen LogP contribution >= 0.6 is 0 Å². The van der Waals surface area contributed by atoms with Crippen molar-refractivity contribution in [2.24, 2.45) is 5.92 Å². The third kappa shape index (κ3) is 7.88. The van der Waals surface area contributed by atoms with E-state index in [0.717, 1.165) is 11.1 Å². The number of esters is 1. The molecule has 0 aliphatic carbocycles. The van der Waals surface area contributed by atoms with Crippen LogP contribution in [0.5, 0.6) is 11.5 Å². The maximum atomic E-state index is 13.3. The van der Waals surface area contributed by atoms with Crippen molar-refractivity contribution in [2.45, 2.75) is 51.3 Å². The molecule has 9 nitrogen and oxygen atoms in total. The molecule has 1 fully saturated rings. The lowest BCUT2D eigenvalue weighted by atomic mass is 9.99. The number of ether oxygens (including phenoxy) is 5. The number of hydrogen-bond acceptors (Lipinski definition) is 9. The minimum atomic E-state index is -0.890. The van der Waals surface area contributed by atoms with Crippen LogP contribution in [0.4, 0.5) is 0 Å². The largest absolute Gasteiger partial charge is 0.503 e. The Morgan fingerprint density at radius 2 is 1.65 bits per heavy atom. The van der Waals surface area contributed by atoms with Crippen molar-refractivity contribution >= 4 is 11.8 Å². The topological polar surface area (TPSA) is 113 Å². The molecule has 0 saturated carbocycles. The Kier molecular flexibility index (Phi) is 10.6. The van der Waals surface area contributed by atoms with Crippen molar-refractivity contribution in [1.29, 1.82) is 0 Å². The van der Waals surface area contributed by atoms with Gasteiger partial charge in [-0.25, -0.2) is 4.98 Å². The molecular weight excluding hydrogens is 514 g/mol. The second-order valence-electron chi connectivity index (χ2n) is 9.64. The highest BCUT2D eigenvalue weighted by molar-refractivity contribution is 5.99. The van der Waals surface area contributed by atoms with E-state index >= 15 is 0 Å². The summed E-state index contributed by atoms with van der Waals surface area (Å²) >= 11 is 0. The minimum Gasteiger partial charge on any atom is -0.503 e. The molecule has 0 bridgehead atoms. The molecule has 4 rings (SSSR count). The molecule has 40 heavy (non-hydrogen) atoms. The molecule has 0 spiro atoms. The summed E-state index contributed by atoms with van der Waals surface area (Å²) in [6.45, 7) is 2.71. The van der Waals surface area contributed by atoms with E-state index in [1.807, 2.05) is 60.7 Å². The number of ketones is 1. The third-order valence-corrected chi connectivity index (χ3v) is 6.73. The van der Waals surface area contributed by atoms with Crippen molar-refractivity contribution in [3.8, 4) is 11.5 Å². The van der Waals surface area contributed by atoms with Gasteiger partial charge in [-0.05, 0) is 24.5 Å². The zero-order valence-corrected chi connectivity index (χ0v) is 22.7. The Morgan fingerprint density at radius 1 is 1.00 bits per heavy atom. The number of rotatable bonds is 10. The molecule has 3 aromatic rings. The second kappa shape index (κ2) is 14.6. The number of carbonyl (C=O) groups excluding carboxylic acids is 2. The van der Waals surface area contributed by atoms with Crippen molar-refractivity contribution in [2.75, 3.05) is 20.3 Å². The van der Waals surface area contributed by atoms with E-state index in [2.05, 4.69) is 4.98 Å². The van der Waals surface area contributed by atoms with Crippen LogP contribution in [0.15, 0.2) is 72.9 Å². The summed E-state index contributed by atoms with van der Waals surface area (Å²) in [7, 11) is 1.38. The van der Waals surface area contributed by atoms with Gasteiger partial charge in [0, 0.05) is 25.3 Å². The minimum absolute atomic E-state index is 0.0248. The number of methoxy groups -OCH3 is 1. The van der Waals surface area contributed by atoms with Gasteiger partial charge in [0.05, 0.1) is 39.0 Å². The van der Waals surface area contributed by atoms with Gasteiger partial charge < -0.3 is 28.8 Å². The lowest BCUT2D eigenvalue weighted by Gasteiger charge is -2.33. The van der Waals surface area contributed by atoms with E-state index in [9.17, 15) is 14.7 Å². The maximum absolute atomic E-state index is 13.3. The standard InChI is InChI=1S/C31H35NO8/c1-21-30(39-19-23-11-7-4-8-12-23)27(38-18-22-9-5-3-6-10-22)14-16-37-20-24(31(35)40-21)17-25(33)28-29(34)26(36-2)13-15-32-28/h3-13,15,21,24,27,30,34H,14,16-20H2,1-2H3/t21-,24-,27-,30-/m0/s1. The highest BCUT2D eigenvalue weighted by Gasteiger charge is 2.35. The van der Waals surface area contributed by atoms with Gasteiger partial charge in [0.2, 0.25) is 0 Å². The molecule has 1 aromatic heterocycles. The normalized spacial score (nSPS) is 21.8. The quantitative estimate of drug-likeness (QED) is 0.288. The molecule has 1 N–H and O–H groups in total. The number of benzene rings is 2. The van der Waals surface area contributed by atoms with Gasteiger partial charge in [0.25, 0.3) is 0 Å². The molecule has 0 unspecified atom stereocenters. The number of aromatic hydroxyl groups is 1. The van der Waals surface area contributed by atoms with E-state index in [4.69, 9.17) is 23.7 Å². The molecule has 9 heteroatoms. The molecule has 0 amide bonds.